The molecule has 0 amide bonds. The second-order valence-corrected chi connectivity index (χ2v) is 7.63. The van der Waals surface area contributed by atoms with E-state index in [4.69, 9.17) is 22.4 Å². The van der Waals surface area contributed by atoms with Crippen molar-refractivity contribution in [1.29, 1.82) is 0 Å². The molecule has 1 aliphatic heterocycles. The molecule has 2 heterocycles. The summed E-state index contributed by atoms with van der Waals surface area (Å²) in [6.07, 6.45) is 1.46. The van der Waals surface area contributed by atoms with Crippen molar-refractivity contribution in [2.75, 3.05) is 18.0 Å². The van der Waals surface area contributed by atoms with Crippen molar-refractivity contribution in [1.82, 2.24) is 4.57 Å². The van der Waals surface area contributed by atoms with Gasteiger partial charge in [-0.1, -0.05) is 11.6 Å². The Morgan fingerprint density at radius 3 is 2.65 bits per heavy atom. The SMILES string of the molecule is CC1(N)CN(c2c(F)cc3c(=O)c(OC(=O)O)cn(C4CC4)c3c2Cl)C1. The summed E-state index contributed by atoms with van der Waals surface area (Å²) in [4.78, 5) is 25.2. The van der Waals surface area contributed by atoms with Crippen LogP contribution in [-0.2, 0) is 0 Å². The van der Waals surface area contributed by atoms with Gasteiger partial charge in [0.1, 0.15) is 5.82 Å². The number of aromatic nitrogens is 1. The fourth-order valence-electron chi connectivity index (χ4n) is 3.49. The smallest absolute Gasteiger partial charge is 0.449 e. The van der Waals surface area contributed by atoms with Crippen LogP contribution in [0.3, 0.4) is 0 Å². The van der Waals surface area contributed by atoms with E-state index in [2.05, 4.69) is 4.74 Å². The van der Waals surface area contributed by atoms with Gasteiger partial charge in [-0.15, -0.1) is 0 Å². The number of carbonyl (C=O) groups is 1. The Morgan fingerprint density at radius 2 is 2.12 bits per heavy atom. The van der Waals surface area contributed by atoms with E-state index in [-0.39, 0.29) is 27.9 Å². The fraction of sp³-hybridized carbons (Fsp3) is 0.412. The Morgan fingerprint density at radius 1 is 1.46 bits per heavy atom. The van der Waals surface area contributed by atoms with E-state index in [9.17, 15) is 14.0 Å². The first-order chi connectivity index (χ1) is 12.2. The quantitative estimate of drug-likeness (QED) is 0.793. The minimum absolute atomic E-state index is 0.00191. The summed E-state index contributed by atoms with van der Waals surface area (Å²) in [6, 6.07) is 1.17. The highest BCUT2D eigenvalue weighted by Crippen LogP contribution is 2.43. The maximum absolute atomic E-state index is 14.8. The zero-order valence-corrected chi connectivity index (χ0v) is 14.7. The van der Waals surface area contributed by atoms with Crippen LogP contribution in [0.4, 0.5) is 14.9 Å². The largest absolute Gasteiger partial charge is 0.511 e. The summed E-state index contributed by atoms with van der Waals surface area (Å²) in [6.45, 7) is 2.76. The van der Waals surface area contributed by atoms with E-state index in [0.717, 1.165) is 18.9 Å². The zero-order valence-electron chi connectivity index (χ0n) is 14.0. The average Bonchev–Trinajstić information content (AvgIpc) is 3.32. The normalized spacial score (nSPS) is 18.7. The van der Waals surface area contributed by atoms with Crippen molar-refractivity contribution < 1.29 is 19.0 Å². The Labute approximate surface area is 152 Å². The van der Waals surface area contributed by atoms with E-state index in [1.54, 1.807) is 9.47 Å². The monoisotopic (exact) mass is 381 g/mol. The van der Waals surface area contributed by atoms with E-state index in [1.807, 2.05) is 6.92 Å². The van der Waals surface area contributed by atoms with Crippen molar-refractivity contribution in [3.05, 3.63) is 33.3 Å². The van der Waals surface area contributed by atoms with Crippen LogP contribution in [0.5, 0.6) is 5.75 Å². The number of ether oxygens (including phenoxy) is 1. The third kappa shape index (κ3) is 2.69. The van der Waals surface area contributed by atoms with Gasteiger partial charge in [0.05, 0.1) is 27.8 Å². The highest BCUT2D eigenvalue weighted by Gasteiger charge is 2.38. The van der Waals surface area contributed by atoms with Crippen molar-refractivity contribution in [3.63, 3.8) is 0 Å². The molecule has 26 heavy (non-hydrogen) atoms. The Bertz CT molecular complexity index is 992. The Hall–Kier alpha value is -2.32. The van der Waals surface area contributed by atoms with Gasteiger partial charge >= 0.3 is 6.16 Å². The van der Waals surface area contributed by atoms with Crippen LogP contribution < -0.4 is 20.8 Å². The number of hydrogen-bond donors (Lipinski definition) is 2. The molecule has 0 unspecified atom stereocenters. The Kier molecular flexibility index (Phi) is 3.68. The number of nitrogens with two attached hydrogens (primary N) is 1. The van der Waals surface area contributed by atoms with Gasteiger partial charge in [-0.05, 0) is 25.8 Å². The summed E-state index contributed by atoms with van der Waals surface area (Å²) in [7, 11) is 0. The third-order valence-corrected chi connectivity index (χ3v) is 5.07. The topological polar surface area (TPSA) is 97.8 Å². The van der Waals surface area contributed by atoms with Crippen LogP contribution in [0, 0.1) is 5.82 Å². The Balaban J connectivity index is 1.95. The minimum atomic E-state index is -1.60. The molecule has 2 aliphatic rings. The lowest BCUT2D eigenvalue weighted by atomic mass is 9.92. The van der Waals surface area contributed by atoms with Gasteiger partial charge in [0.2, 0.25) is 5.43 Å². The number of rotatable bonds is 3. The standard InChI is InChI=1S/C17H17ClFN3O4/c1-17(20)6-21(7-17)14-10(19)4-9-13(12(14)18)22(8-2-3-8)5-11(15(9)23)26-16(24)25/h4-5,8H,2-3,6-7,20H2,1H3,(H,24,25). The highest BCUT2D eigenvalue weighted by atomic mass is 35.5. The number of hydrogen-bond acceptors (Lipinski definition) is 5. The summed E-state index contributed by atoms with van der Waals surface area (Å²) >= 11 is 6.52. The van der Waals surface area contributed by atoms with Gasteiger partial charge in [0, 0.05) is 24.7 Å². The van der Waals surface area contributed by atoms with Crippen molar-refractivity contribution >= 4 is 34.3 Å². The van der Waals surface area contributed by atoms with E-state index >= 15 is 0 Å². The van der Waals surface area contributed by atoms with Crippen LogP contribution >= 0.6 is 11.6 Å². The van der Waals surface area contributed by atoms with Crippen LogP contribution in [-0.4, -0.2) is 34.5 Å². The number of carboxylic acid groups (broad SMARTS) is 1. The molecule has 1 aromatic carbocycles. The molecule has 2 aromatic rings. The third-order valence-electron chi connectivity index (χ3n) is 4.71. The second-order valence-electron chi connectivity index (χ2n) is 7.26. The highest BCUT2D eigenvalue weighted by molar-refractivity contribution is 6.38. The van der Waals surface area contributed by atoms with E-state index < -0.39 is 22.9 Å². The molecule has 1 aliphatic carbocycles. The first kappa shape index (κ1) is 17.1. The number of benzene rings is 1. The predicted octanol–water partition coefficient (Wildman–Crippen LogP) is 2.72. The number of nitrogens with zero attached hydrogens (tertiary/aromatic N) is 2. The summed E-state index contributed by atoms with van der Waals surface area (Å²) in [5, 5.41) is 8.96. The van der Waals surface area contributed by atoms with Crippen molar-refractivity contribution in [2.24, 2.45) is 5.73 Å². The maximum atomic E-state index is 14.8. The molecule has 3 N–H and O–H groups in total. The number of anilines is 1. The minimum Gasteiger partial charge on any atom is -0.449 e. The van der Waals surface area contributed by atoms with E-state index in [1.165, 1.54) is 6.20 Å². The predicted molar refractivity (Wildman–Crippen MR) is 94.9 cm³/mol. The lowest BCUT2D eigenvalue weighted by Crippen LogP contribution is -2.65. The van der Waals surface area contributed by atoms with Gasteiger partial charge in [-0.3, -0.25) is 4.79 Å². The van der Waals surface area contributed by atoms with E-state index in [0.29, 0.717) is 18.6 Å². The van der Waals surface area contributed by atoms with Crippen molar-refractivity contribution in [2.45, 2.75) is 31.3 Å². The lowest BCUT2D eigenvalue weighted by molar-refractivity contribution is 0.143. The molecule has 1 saturated heterocycles. The molecule has 1 aromatic heterocycles. The fourth-order valence-corrected chi connectivity index (χ4v) is 3.90. The van der Waals surface area contributed by atoms with Gasteiger partial charge in [-0.2, -0.15) is 0 Å². The molecule has 7 nitrogen and oxygen atoms in total. The maximum Gasteiger partial charge on any atom is 0.511 e. The molecular formula is C17H17ClFN3O4. The molecule has 1 saturated carbocycles. The second kappa shape index (κ2) is 5.59. The molecule has 138 valence electrons. The van der Waals surface area contributed by atoms with Crippen LogP contribution in [0.1, 0.15) is 25.8 Å². The average molecular weight is 382 g/mol. The number of pyridine rings is 1. The molecule has 0 radical (unpaired) electrons. The summed E-state index contributed by atoms with van der Waals surface area (Å²) < 4.78 is 21.0. The molecule has 0 spiro atoms. The van der Waals surface area contributed by atoms with Gasteiger partial charge in [0.15, 0.2) is 5.75 Å². The molecule has 2 fully saturated rings. The molecule has 9 heteroatoms. The van der Waals surface area contributed by atoms with Gasteiger partial charge < -0.3 is 25.0 Å². The molecule has 4 rings (SSSR count). The number of fused-ring (bicyclic) bond motifs is 1. The molecule has 0 atom stereocenters. The first-order valence-corrected chi connectivity index (χ1v) is 8.57. The van der Waals surface area contributed by atoms with Gasteiger partial charge in [-0.25, -0.2) is 9.18 Å². The van der Waals surface area contributed by atoms with Crippen LogP contribution in [0.25, 0.3) is 10.9 Å². The summed E-state index contributed by atoms with van der Waals surface area (Å²) in [5.74, 6) is -1.01. The van der Waals surface area contributed by atoms with Crippen molar-refractivity contribution in [3.8, 4) is 5.75 Å². The molecule has 0 bridgehead atoms. The van der Waals surface area contributed by atoms with Gasteiger partial charge in [0.25, 0.3) is 0 Å². The van der Waals surface area contributed by atoms with Crippen LogP contribution in [0.2, 0.25) is 5.02 Å². The lowest BCUT2D eigenvalue weighted by Gasteiger charge is -2.47. The zero-order chi connectivity index (χ0) is 18.8. The summed E-state index contributed by atoms with van der Waals surface area (Å²) in [5.41, 5.74) is 5.48. The first-order valence-electron chi connectivity index (χ1n) is 8.19. The molecular weight excluding hydrogens is 365 g/mol. The number of halogens is 2. The van der Waals surface area contributed by atoms with Crippen LogP contribution in [0.15, 0.2) is 17.1 Å².